The molecule has 1 aliphatic carbocycles. The Morgan fingerprint density at radius 2 is 1.81 bits per heavy atom. The van der Waals surface area contributed by atoms with Crippen molar-refractivity contribution < 1.29 is 14.7 Å². The van der Waals surface area contributed by atoms with Crippen LogP contribution in [0.4, 0.5) is 0 Å². The van der Waals surface area contributed by atoms with Crippen molar-refractivity contribution in [1.82, 2.24) is 5.32 Å². The van der Waals surface area contributed by atoms with E-state index in [1.54, 1.807) is 24.3 Å². The fourth-order valence-electron chi connectivity index (χ4n) is 1.10. The van der Waals surface area contributed by atoms with Crippen LogP contribution in [0.15, 0.2) is 48.1 Å². The third kappa shape index (κ3) is 4.41. The van der Waals surface area contributed by atoms with Gasteiger partial charge in [0.05, 0.1) is 6.42 Å². The third-order valence-electron chi connectivity index (χ3n) is 1.88. The van der Waals surface area contributed by atoms with E-state index in [1.807, 2.05) is 18.2 Å². The summed E-state index contributed by atoms with van der Waals surface area (Å²) < 4.78 is 0. The van der Waals surface area contributed by atoms with Gasteiger partial charge in [0.25, 0.3) is 5.91 Å². The van der Waals surface area contributed by atoms with E-state index in [4.69, 9.17) is 5.11 Å². The summed E-state index contributed by atoms with van der Waals surface area (Å²) in [6.07, 6.45) is 12.3. The average molecular weight is 219 g/mol. The van der Waals surface area contributed by atoms with Gasteiger partial charge in [-0.1, -0.05) is 30.4 Å². The van der Waals surface area contributed by atoms with Gasteiger partial charge in [0.15, 0.2) is 0 Å². The topological polar surface area (TPSA) is 66.4 Å². The Kier molecular flexibility index (Phi) is 4.79. The Labute approximate surface area is 93.7 Å². The van der Waals surface area contributed by atoms with E-state index < -0.39 is 5.97 Å². The predicted octanol–water partition coefficient (Wildman–Crippen LogP) is 1.19. The molecule has 0 bridgehead atoms. The van der Waals surface area contributed by atoms with E-state index in [1.165, 1.54) is 0 Å². The first-order valence-electron chi connectivity index (χ1n) is 4.92. The number of aliphatic carboxylic acids is 1. The van der Waals surface area contributed by atoms with Crippen molar-refractivity contribution in [3.63, 3.8) is 0 Å². The van der Waals surface area contributed by atoms with E-state index in [0.717, 1.165) is 0 Å². The maximum atomic E-state index is 11.6. The third-order valence-corrected chi connectivity index (χ3v) is 1.88. The molecular weight excluding hydrogens is 206 g/mol. The molecule has 0 spiro atoms. The molecule has 4 nitrogen and oxygen atoms in total. The summed E-state index contributed by atoms with van der Waals surface area (Å²) in [5, 5.41) is 11.0. The lowest BCUT2D eigenvalue weighted by atomic mass is 10.1. The second-order valence-corrected chi connectivity index (χ2v) is 3.15. The van der Waals surface area contributed by atoms with Gasteiger partial charge in [-0.2, -0.15) is 0 Å². The van der Waals surface area contributed by atoms with Crippen LogP contribution < -0.4 is 5.32 Å². The zero-order chi connectivity index (χ0) is 11.8. The van der Waals surface area contributed by atoms with Crippen LogP contribution in [0.25, 0.3) is 0 Å². The van der Waals surface area contributed by atoms with Gasteiger partial charge in [-0.25, -0.2) is 0 Å². The highest BCUT2D eigenvalue weighted by atomic mass is 16.4. The summed E-state index contributed by atoms with van der Waals surface area (Å²) in [5.41, 5.74) is 0.506. The molecule has 0 saturated carbocycles. The number of amides is 1. The Hall–Kier alpha value is -2.10. The van der Waals surface area contributed by atoms with Crippen LogP contribution in [0.2, 0.25) is 0 Å². The molecule has 0 unspecified atom stereocenters. The van der Waals surface area contributed by atoms with Crippen LogP contribution in [-0.2, 0) is 9.59 Å². The van der Waals surface area contributed by atoms with Crippen LogP contribution in [0.1, 0.15) is 6.42 Å². The number of nitrogens with one attached hydrogen (secondary N) is 1. The molecule has 84 valence electrons. The Balaban J connectivity index is 2.50. The lowest BCUT2D eigenvalue weighted by Gasteiger charge is -2.03. The first-order valence-corrected chi connectivity index (χ1v) is 4.92. The summed E-state index contributed by atoms with van der Waals surface area (Å²) in [5.74, 6) is -1.19. The molecule has 0 fully saturated rings. The molecule has 16 heavy (non-hydrogen) atoms. The van der Waals surface area contributed by atoms with Crippen molar-refractivity contribution in [3.8, 4) is 0 Å². The van der Waals surface area contributed by atoms with Crippen LogP contribution in [-0.4, -0.2) is 23.5 Å². The van der Waals surface area contributed by atoms with E-state index >= 15 is 0 Å². The van der Waals surface area contributed by atoms with Gasteiger partial charge in [-0.15, -0.1) is 0 Å². The first-order chi connectivity index (χ1) is 7.70. The van der Waals surface area contributed by atoms with Crippen LogP contribution >= 0.6 is 0 Å². The molecule has 0 aromatic carbocycles. The van der Waals surface area contributed by atoms with Crippen molar-refractivity contribution in [3.05, 3.63) is 48.1 Å². The van der Waals surface area contributed by atoms with Crippen molar-refractivity contribution in [2.24, 2.45) is 0 Å². The average Bonchev–Trinajstić information content (AvgIpc) is 2.15. The number of hydrogen-bond donors (Lipinski definition) is 2. The van der Waals surface area contributed by atoms with E-state index in [0.29, 0.717) is 5.57 Å². The number of carbonyl (C=O) groups excluding carboxylic acids is 1. The quantitative estimate of drug-likeness (QED) is 0.746. The SMILES string of the molecule is O=C(O)CCNC(=O)C1=C/C=C\C=C/C=C\1. The summed E-state index contributed by atoms with van der Waals surface area (Å²) >= 11 is 0. The zero-order valence-corrected chi connectivity index (χ0v) is 8.72. The van der Waals surface area contributed by atoms with Gasteiger partial charge in [-0.3, -0.25) is 9.59 Å². The minimum Gasteiger partial charge on any atom is -0.481 e. The van der Waals surface area contributed by atoms with Gasteiger partial charge in [0, 0.05) is 12.1 Å². The molecule has 0 radical (unpaired) electrons. The number of carboxylic acids is 1. The van der Waals surface area contributed by atoms with Gasteiger partial charge in [0.2, 0.25) is 0 Å². The van der Waals surface area contributed by atoms with E-state index in [-0.39, 0.29) is 18.9 Å². The molecule has 1 aliphatic rings. The Morgan fingerprint density at radius 3 is 2.56 bits per heavy atom. The number of allylic oxidation sites excluding steroid dienone is 6. The molecule has 0 atom stereocenters. The molecule has 0 aromatic rings. The summed E-state index contributed by atoms with van der Waals surface area (Å²) in [4.78, 5) is 21.8. The summed E-state index contributed by atoms with van der Waals surface area (Å²) in [7, 11) is 0. The second-order valence-electron chi connectivity index (χ2n) is 3.15. The van der Waals surface area contributed by atoms with Crippen LogP contribution in [0, 0.1) is 0 Å². The molecule has 0 heterocycles. The normalized spacial score (nSPS) is 23.1. The van der Waals surface area contributed by atoms with Crippen molar-refractivity contribution in [1.29, 1.82) is 0 Å². The minimum absolute atomic E-state index is 0.0710. The highest BCUT2D eigenvalue weighted by Gasteiger charge is 2.05. The molecule has 1 amide bonds. The predicted molar refractivity (Wildman–Crippen MR) is 60.8 cm³/mol. The lowest BCUT2D eigenvalue weighted by molar-refractivity contribution is -0.136. The molecular formula is C12H13NO3. The number of rotatable bonds is 4. The van der Waals surface area contributed by atoms with E-state index in [9.17, 15) is 9.59 Å². The van der Waals surface area contributed by atoms with Gasteiger partial charge in [-0.05, 0) is 12.2 Å². The second kappa shape index (κ2) is 6.40. The highest BCUT2D eigenvalue weighted by molar-refractivity contribution is 5.96. The van der Waals surface area contributed by atoms with E-state index in [2.05, 4.69) is 5.32 Å². The molecule has 0 aliphatic heterocycles. The monoisotopic (exact) mass is 219 g/mol. The smallest absolute Gasteiger partial charge is 0.305 e. The van der Waals surface area contributed by atoms with Crippen molar-refractivity contribution >= 4 is 11.9 Å². The Morgan fingerprint density at radius 1 is 1.12 bits per heavy atom. The van der Waals surface area contributed by atoms with Crippen molar-refractivity contribution in [2.45, 2.75) is 6.42 Å². The fourth-order valence-corrected chi connectivity index (χ4v) is 1.10. The van der Waals surface area contributed by atoms with Gasteiger partial charge in [0.1, 0.15) is 0 Å². The van der Waals surface area contributed by atoms with Crippen molar-refractivity contribution in [2.75, 3.05) is 6.54 Å². The van der Waals surface area contributed by atoms with Crippen LogP contribution in [0.5, 0.6) is 0 Å². The number of carbonyl (C=O) groups is 2. The van der Waals surface area contributed by atoms with Gasteiger partial charge < -0.3 is 10.4 Å². The largest absolute Gasteiger partial charge is 0.481 e. The maximum Gasteiger partial charge on any atom is 0.305 e. The fraction of sp³-hybridized carbons (Fsp3) is 0.167. The first kappa shape index (κ1) is 12.0. The molecule has 4 heteroatoms. The summed E-state index contributed by atoms with van der Waals surface area (Å²) in [6.45, 7) is 0.138. The number of carboxylic acid groups (broad SMARTS) is 1. The molecule has 1 rings (SSSR count). The maximum absolute atomic E-state index is 11.6. The zero-order valence-electron chi connectivity index (χ0n) is 8.72. The van der Waals surface area contributed by atoms with Gasteiger partial charge >= 0.3 is 5.97 Å². The number of hydrogen-bond acceptors (Lipinski definition) is 2. The Bertz CT molecular complexity index is 389. The molecule has 0 aromatic heterocycles. The lowest BCUT2D eigenvalue weighted by Crippen LogP contribution is -2.26. The summed E-state index contributed by atoms with van der Waals surface area (Å²) in [6, 6.07) is 0. The highest BCUT2D eigenvalue weighted by Crippen LogP contribution is 2.01. The standard InChI is InChI=1S/C12H13NO3/c14-11(15)8-9-13-12(16)10-6-4-2-1-3-5-7-10/h1-7H,8-9H2,(H,13,16)(H,14,15)/b2-1-,3-1?,4-2?,5-3-,6-4-,7-5?,10-6?,10-7+. The molecule has 2 N–H and O–H groups in total. The molecule has 0 saturated heterocycles. The van der Waals surface area contributed by atoms with Crippen LogP contribution in [0.3, 0.4) is 0 Å². The minimum atomic E-state index is -0.926.